The van der Waals surface area contributed by atoms with Gasteiger partial charge in [-0.2, -0.15) is 0 Å². The van der Waals surface area contributed by atoms with E-state index in [4.69, 9.17) is 11.6 Å². The van der Waals surface area contributed by atoms with Crippen LogP contribution in [0.2, 0.25) is 5.02 Å². The molecule has 0 saturated carbocycles. The van der Waals surface area contributed by atoms with Gasteiger partial charge >= 0.3 is 0 Å². The number of imide groups is 1. The van der Waals surface area contributed by atoms with Gasteiger partial charge < -0.3 is 5.32 Å². The largest absolute Gasteiger partial charge is 0.372 e. The Morgan fingerprint density at radius 1 is 1.00 bits per heavy atom. The number of carbonyl (C=O) groups is 2. The summed E-state index contributed by atoms with van der Waals surface area (Å²) in [5.41, 5.74) is 1.25. The number of nitrogens with one attached hydrogen (secondary N) is 1. The number of para-hydroxylation sites is 2. The van der Waals surface area contributed by atoms with Crippen LogP contribution in [0.1, 0.15) is 6.42 Å². The maximum absolute atomic E-state index is 12.4. The van der Waals surface area contributed by atoms with Crippen molar-refractivity contribution in [3.05, 3.63) is 59.6 Å². The molecule has 0 spiro atoms. The summed E-state index contributed by atoms with van der Waals surface area (Å²) in [5.74, 6) is -0.470. The topological polar surface area (TPSA) is 49.4 Å². The zero-order chi connectivity index (χ0) is 14.8. The molecule has 1 unspecified atom stereocenters. The van der Waals surface area contributed by atoms with Gasteiger partial charge in [0, 0.05) is 0 Å². The Bertz CT molecular complexity index is 688. The maximum atomic E-state index is 12.4. The fourth-order valence-electron chi connectivity index (χ4n) is 2.36. The molecule has 0 aliphatic carbocycles. The molecule has 5 heteroatoms. The van der Waals surface area contributed by atoms with Crippen molar-refractivity contribution >= 4 is 34.8 Å². The van der Waals surface area contributed by atoms with E-state index in [2.05, 4.69) is 5.32 Å². The molecule has 1 fully saturated rings. The Hall–Kier alpha value is -2.33. The van der Waals surface area contributed by atoms with Crippen molar-refractivity contribution in [2.75, 3.05) is 10.2 Å². The van der Waals surface area contributed by atoms with E-state index >= 15 is 0 Å². The lowest BCUT2D eigenvalue weighted by molar-refractivity contribution is -0.121. The quantitative estimate of drug-likeness (QED) is 0.886. The molecule has 1 N–H and O–H groups in total. The molecule has 2 amide bonds. The molecule has 1 atom stereocenters. The van der Waals surface area contributed by atoms with Crippen LogP contribution in [0.4, 0.5) is 11.4 Å². The third-order valence-electron chi connectivity index (χ3n) is 3.36. The number of anilines is 2. The molecule has 0 radical (unpaired) electrons. The van der Waals surface area contributed by atoms with Crippen LogP contribution < -0.4 is 10.2 Å². The van der Waals surface area contributed by atoms with Crippen LogP contribution in [-0.4, -0.2) is 17.9 Å². The first-order valence-corrected chi connectivity index (χ1v) is 6.97. The predicted octanol–water partition coefficient (Wildman–Crippen LogP) is 3.08. The average Bonchev–Trinajstić information content (AvgIpc) is 2.77. The zero-order valence-corrected chi connectivity index (χ0v) is 11.9. The highest BCUT2D eigenvalue weighted by Gasteiger charge is 2.39. The molecule has 21 heavy (non-hydrogen) atoms. The Morgan fingerprint density at radius 3 is 2.38 bits per heavy atom. The maximum Gasteiger partial charge on any atom is 0.256 e. The van der Waals surface area contributed by atoms with Crippen LogP contribution in [-0.2, 0) is 9.59 Å². The second kappa shape index (κ2) is 5.58. The lowest BCUT2D eigenvalue weighted by Gasteiger charge is -2.16. The molecule has 2 aromatic rings. The Labute approximate surface area is 127 Å². The molecule has 1 aliphatic heterocycles. The van der Waals surface area contributed by atoms with Gasteiger partial charge in [0.1, 0.15) is 6.04 Å². The van der Waals surface area contributed by atoms with Gasteiger partial charge in [-0.3, -0.25) is 9.59 Å². The highest BCUT2D eigenvalue weighted by atomic mass is 35.5. The third kappa shape index (κ3) is 2.62. The van der Waals surface area contributed by atoms with Crippen LogP contribution in [0.25, 0.3) is 0 Å². The number of amides is 2. The van der Waals surface area contributed by atoms with E-state index in [-0.39, 0.29) is 18.2 Å². The second-order valence-corrected chi connectivity index (χ2v) is 5.19. The van der Waals surface area contributed by atoms with Crippen LogP contribution in [0, 0.1) is 0 Å². The van der Waals surface area contributed by atoms with Gasteiger partial charge in [-0.1, -0.05) is 41.9 Å². The number of carbonyl (C=O) groups excluding carboxylic acids is 2. The van der Waals surface area contributed by atoms with Crippen molar-refractivity contribution in [3.63, 3.8) is 0 Å². The first-order chi connectivity index (χ1) is 10.2. The molecule has 1 heterocycles. The lowest BCUT2D eigenvalue weighted by atomic mass is 10.2. The van der Waals surface area contributed by atoms with E-state index in [0.29, 0.717) is 16.4 Å². The summed E-state index contributed by atoms with van der Waals surface area (Å²) >= 11 is 6.07. The lowest BCUT2D eigenvalue weighted by Crippen LogP contribution is -2.34. The Balaban J connectivity index is 1.83. The van der Waals surface area contributed by atoms with Gasteiger partial charge in [0.25, 0.3) is 5.91 Å². The Morgan fingerprint density at radius 2 is 1.67 bits per heavy atom. The normalized spacial score (nSPS) is 18.1. The van der Waals surface area contributed by atoms with Crippen molar-refractivity contribution in [1.29, 1.82) is 0 Å². The van der Waals surface area contributed by atoms with Crippen molar-refractivity contribution in [2.45, 2.75) is 12.5 Å². The van der Waals surface area contributed by atoms with E-state index in [1.54, 1.807) is 36.4 Å². The first kappa shape index (κ1) is 13.6. The van der Waals surface area contributed by atoms with Crippen LogP contribution in [0.3, 0.4) is 0 Å². The van der Waals surface area contributed by atoms with Crippen molar-refractivity contribution in [1.82, 2.24) is 0 Å². The fourth-order valence-corrected chi connectivity index (χ4v) is 2.55. The van der Waals surface area contributed by atoms with Crippen LogP contribution >= 0.6 is 11.6 Å². The van der Waals surface area contributed by atoms with Gasteiger partial charge in [-0.05, 0) is 24.3 Å². The molecular weight excluding hydrogens is 288 g/mol. The highest BCUT2D eigenvalue weighted by Crippen LogP contribution is 2.27. The van der Waals surface area contributed by atoms with E-state index in [1.807, 2.05) is 18.2 Å². The van der Waals surface area contributed by atoms with E-state index < -0.39 is 6.04 Å². The minimum Gasteiger partial charge on any atom is -0.372 e. The number of nitrogens with zero attached hydrogens (tertiary/aromatic N) is 1. The number of hydrogen-bond acceptors (Lipinski definition) is 3. The molecule has 2 aromatic carbocycles. The minimum absolute atomic E-state index is 0.124. The molecule has 1 saturated heterocycles. The number of hydrogen-bond donors (Lipinski definition) is 1. The number of benzene rings is 2. The second-order valence-electron chi connectivity index (χ2n) is 4.78. The zero-order valence-electron chi connectivity index (χ0n) is 11.1. The van der Waals surface area contributed by atoms with E-state index in [1.165, 1.54) is 4.90 Å². The third-order valence-corrected chi connectivity index (χ3v) is 3.69. The van der Waals surface area contributed by atoms with Crippen LogP contribution in [0.5, 0.6) is 0 Å². The van der Waals surface area contributed by atoms with Gasteiger partial charge in [0.05, 0.1) is 22.8 Å². The Kier molecular flexibility index (Phi) is 3.62. The van der Waals surface area contributed by atoms with Gasteiger partial charge in [-0.25, -0.2) is 4.90 Å². The summed E-state index contributed by atoms with van der Waals surface area (Å²) < 4.78 is 0. The summed E-state index contributed by atoms with van der Waals surface area (Å²) in [6.45, 7) is 0. The standard InChI is InChI=1S/C16H13ClN2O2/c17-12-8-4-5-9-13(12)18-14-10-15(20)19(16(14)21)11-6-2-1-3-7-11/h1-9,14,18H,10H2. The summed E-state index contributed by atoms with van der Waals surface area (Å²) in [6, 6.07) is 15.5. The smallest absolute Gasteiger partial charge is 0.256 e. The first-order valence-electron chi connectivity index (χ1n) is 6.60. The highest BCUT2D eigenvalue weighted by molar-refractivity contribution is 6.33. The average molecular weight is 301 g/mol. The molecule has 0 bridgehead atoms. The fraction of sp³-hybridized carbons (Fsp3) is 0.125. The van der Waals surface area contributed by atoms with Crippen molar-refractivity contribution < 1.29 is 9.59 Å². The minimum atomic E-state index is -0.586. The molecular formula is C16H13ClN2O2. The van der Waals surface area contributed by atoms with E-state index in [9.17, 15) is 9.59 Å². The molecule has 3 rings (SSSR count). The van der Waals surface area contributed by atoms with Gasteiger partial charge in [0.2, 0.25) is 5.91 Å². The summed E-state index contributed by atoms with van der Waals surface area (Å²) in [7, 11) is 0. The monoisotopic (exact) mass is 300 g/mol. The molecule has 4 nitrogen and oxygen atoms in total. The predicted molar refractivity (Wildman–Crippen MR) is 82.4 cm³/mol. The summed E-state index contributed by atoms with van der Waals surface area (Å²) in [4.78, 5) is 25.8. The number of rotatable bonds is 3. The van der Waals surface area contributed by atoms with Crippen LogP contribution in [0.15, 0.2) is 54.6 Å². The van der Waals surface area contributed by atoms with Crippen molar-refractivity contribution in [2.24, 2.45) is 0 Å². The van der Waals surface area contributed by atoms with Crippen molar-refractivity contribution in [3.8, 4) is 0 Å². The van der Waals surface area contributed by atoms with Gasteiger partial charge in [0.15, 0.2) is 0 Å². The molecule has 0 aromatic heterocycles. The van der Waals surface area contributed by atoms with Gasteiger partial charge in [-0.15, -0.1) is 0 Å². The summed E-state index contributed by atoms with van der Waals surface area (Å²) in [6.07, 6.45) is 0.124. The number of halogens is 1. The SMILES string of the molecule is O=C1CC(Nc2ccccc2Cl)C(=O)N1c1ccccc1. The molecule has 1 aliphatic rings. The molecule has 106 valence electrons. The summed E-state index contributed by atoms with van der Waals surface area (Å²) in [5, 5.41) is 3.57. The van der Waals surface area contributed by atoms with E-state index in [0.717, 1.165) is 0 Å².